The highest BCUT2D eigenvalue weighted by molar-refractivity contribution is 5.74. The summed E-state index contributed by atoms with van der Waals surface area (Å²) in [5.41, 5.74) is 0. The minimum absolute atomic E-state index is 0.0677. The predicted octanol–water partition coefficient (Wildman–Crippen LogP) is 0.431. The van der Waals surface area contributed by atoms with Gasteiger partial charge >= 0.3 is 12.0 Å². The van der Waals surface area contributed by atoms with Crippen molar-refractivity contribution in [1.29, 1.82) is 0 Å². The fourth-order valence-corrected chi connectivity index (χ4v) is 1.09. The quantitative estimate of drug-likeness (QED) is 0.594. The van der Waals surface area contributed by atoms with Crippen LogP contribution in [-0.4, -0.2) is 43.4 Å². The molecule has 0 spiro atoms. The smallest absolute Gasteiger partial charge is 0.315 e. The second-order valence-electron chi connectivity index (χ2n) is 3.78. The maximum Gasteiger partial charge on any atom is 0.315 e. The average Bonchev–Trinajstić information content (AvgIpc) is 2.17. The number of ether oxygens (including phenoxy) is 1. The number of carboxylic acid groups (broad SMARTS) is 1. The lowest BCUT2D eigenvalue weighted by molar-refractivity contribution is -0.141. The molecular formula is C10H20N2O4. The molecule has 0 aliphatic carbocycles. The Morgan fingerprint density at radius 2 is 2.00 bits per heavy atom. The van der Waals surface area contributed by atoms with E-state index >= 15 is 0 Å². The molecule has 0 bridgehead atoms. The minimum atomic E-state index is -0.852. The zero-order valence-electron chi connectivity index (χ0n) is 9.95. The van der Waals surface area contributed by atoms with E-state index in [0.717, 1.165) is 0 Å². The molecule has 6 heteroatoms. The molecule has 0 saturated carbocycles. The van der Waals surface area contributed by atoms with Gasteiger partial charge in [0, 0.05) is 13.7 Å². The zero-order valence-corrected chi connectivity index (χ0v) is 9.95. The third kappa shape index (κ3) is 7.05. The van der Waals surface area contributed by atoms with E-state index in [9.17, 15) is 9.59 Å². The van der Waals surface area contributed by atoms with E-state index in [-0.39, 0.29) is 12.1 Å². The number of carboxylic acids is 1. The maximum atomic E-state index is 11.3. The number of urea groups is 1. The number of methoxy groups -OCH3 is 1. The molecule has 16 heavy (non-hydrogen) atoms. The van der Waals surface area contributed by atoms with Gasteiger partial charge in [0.05, 0.1) is 18.6 Å². The molecule has 0 saturated heterocycles. The SMILES string of the molecule is COCC(C)NC(=O)NCCC(C)C(=O)O. The van der Waals surface area contributed by atoms with Crippen LogP contribution in [0.5, 0.6) is 0 Å². The summed E-state index contributed by atoms with van der Waals surface area (Å²) in [5, 5.41) is 13.9. The van der Waals surface area contributed by atoms with Crippen molar-refractivity contribution in [2.45, 2.75) is 26.3 Å². The van der Waals surface area contributed by atoms with Gasteiger partial charge in [-0.3, -0.25) is 4.79 Å². The topological polar surface area (TPSA) is 87.7 Å². The molecular weight excluding hydrogens is 212 g/mol. The van der Waals surface area contributed by atoms with Crippen LogP contribution in [0, 0.1) is 5.92 Å². The summed E-state index contributed by atoms with van der Waals surface area (Å²) in [6, 6.07) is -0.371. The number of hydrogen-bond acceptors (Lipinski definition) is 3. The Labute approximate surface area is 95.4 Å². The van der Waals surface area contributed by atoms with Crippen molar-refractivity contribution >= 4 is 12.0 Å². The van der Waals surface area contributed by atoms with E-state index in [2.05, 4.69) is 10.6 Å². The lowest BCUT2D eigenvalue weighted by Crippen LogP contribution is -2.43. The molecule has 94 valence electrons. The molecule has 3 N–H and O–H groups in total. The molecule has 2 unspecified atom stereocenters. The Hall–Kier alpha value is -1.30. The van der Waals surface area contributed by atoms with Crippen molar-refractivity contribution < 1.29 is 19.4 Å². The molecule has 6 nitrogen and oxygen atoms in total. The number of amides is 2. The predicted molar refractivity (Wildman–Crippen MR) is 59.3 cm³/mol. The molecule has 0 heterocycles. The Morgan fingerprint density at radius 3 is 2.50 bits per heavy atom. The van der Waals surface area contributed by atoms with Crippen LogP contribution in [0.3, 0.4) is 0 Å². The molecule has 0 aromatic rings. The van der Waals surface area contributed by atoms with Crippen molar-refractivity contribution in [1.82, 2.24) is 10.6 Å². The van der Waals surface area contributed by atoms with Crippen LogP contribution in [0.15, 0.2) is 0 Å². The van der Waals surface area contributed by atoms with Crippen molar-refractivity contribution in [2.24, 2.45) is 5.92 Å². The lowest BCUT2D eigenvalue weighted by Gasteiger charge is -2.14. The van der Waals surface area contributed by atoms with Gasteiger partial charge in [-0.05, 0) is 13.3 Å². The third-order valence-corrected chi connectivity index (χ3v) is 2.08. The standard InChI is InChI=1S/C10H20N2O4/c1-7(9(13)14)4-5-11-10(15)12-8(2)6-16-3/h7-8H,4-6H2,1-3H3,(H,13,14)(H2,11,12,15). The minimum Gasteiger partial charge on any atom is -0.481 e. The summed E-state index contributed by atoms with van der Waals surface area (Å²) in [6.07, 6.45) is 0.418. The van der Waals surface area contributed by atoms with E-state index in [0.29, 0.717) is 19.6 Å². The number of aliphatic carboxylic acids is 1. The van der Waals surface area contributed by atoms with Gasteiger partial charge in [0.2, 0.25) is 0 Å². The lowest BCUT2D eigenvalue weighted by atomic mass is 10.1. The first-order valence-corrected chi connectivity index (χ1v) is 5.23. The van der Waals surface area contributed by atoms with Gasteiger partial charge < -0.3 is 20.5 Å². The van der Waals surface area contributed by atoms with Gasteiger partial charge in [0.15, 0.2) is 0 Å². The van der Waals surface area contributed by atoms with Crippen LogP contribution in [-0.2, 0) is 9.53 Å². The van der Waals surface area contributed by atoms with Crippen molar-refractivity contribution in [3.05, 3.63) is 0 Å². The number of carbonyl (C=O) groups excluding carboxylic acids is 1. The molecule has 0 aromatic carbocycles. The first-order chi connectivity index (χ1) is 7.47. The maximum absolute atomic E-state index is 11.3. The molecule has 0 rings (SSSR count). The Bertz CT molecular complexity index is 233. The first kappa shape index (κ1) is 14.7. The van der Waals surface area contributed by atoms with Crippen LogP contribution in [0.1, 0.15) is 20.3 Å². The van der Waals surface area contributed by atoms with Gasteiger partial charge in [0.25, 0.3) is 0 Å². The molecule has 0 radical (unpaired) electrons. The van der Waals surface area contributed by atoms with Gasteiger partial charge in [-0.2, -0.15) is 0 Å². The number of nitrogens with one attached hydrogen (secondary N) is 2. The summed E-state index contributed by atoms with van der Waals surface area (Å²) in [7, 11) is 1.56. The summed E-state index contributed by atoms with van der Waals surface area (Å²) >= 11 is 0. The Balaban J connectivity index is 3.62. The van der Waals surface area contributed by atoms with Crippen molar-refractivity contribution in [3.63, 3.8) is 0 Å². The van der Waals surface area contributed by atoms with E-state index in [4.69, 9.17) is 9.84 Å². The van der Waals surface area contributed by atoms with Gasteiger partial charge in [0.1, 0.15) is 0 Å². The van der Waals surface area contributed by atoms with Crippen LogP contribution < -0.4 is 10.6 Å². The van der Waals surface area contributed by atoms with E-state index < -0.39 is 11.9 Å². The number of carbonyl (C=O) groups is 2. The normalized spacial score (nSPS) is 13.9. The van der Waals surface area contributed by atoms with Gasteiger partial charge in [-0.25, -0.2) is 4.79 Å². The highest BCUT2D eigenvalue weighted by Gasteiger charge is 2.11. The third-order valence-electron chi connectivity index (χ3n) is 2.08. The summed E-state index contributed by atoms with van der Waals surface area (Å²) in [6.45, 7) is 4.22. The van der Waals surface area contributed by atoms with Crippen LogP contribution in [0.2, 0.25) is 0 Å². The number of rotatable bonds is 7. The largest absolute Gasteiger partial charge is 0.481 e. The van der Waals surface area contributed by atoms with E-state index in [1.165, 1.54) is 0 Å². The fourth-order valence-electron chi connectivity index (χ4n) is 1.09. The first-order valence-electron chi connectivity index (χ1n) is 5.23. The van der Waals surface area contributed by atoms with Gasteiger partial charge in [-0.15, -0.1) is 0 Å². The summed E-state index contributed by atoms with van der Waals surface area (Å²) in [5.74, 6) is -1.30. The molecule has 0 aromatic heterocycles. The van der Waals surface area contributed by atoms with Crippen molar-refractivity contribution in [2.75, 3.05) is 20.3 Å². The van der Waals surface area contributed by atoms with Crippen LogP contribution >= 0.6 is 0 Å². The monoisotopic (exact) mass is 232 g/mol. The second kappa shape index (κ2) is 7.92. The zero-order chi connectivity index (χ0) is 12.6. The van der Waals surface area contributed by atoms with Gasteiger partial charge in [-0.1, -0.05) is 6.92 Å². The van der Waals surface area contributed by atoms with Crippen LogP contribution in [0.4, 0.5) is 4.79 Å². The fraction of sp³-hybridized carbons (Fsp3) is 0.800. The molecule has 0 aliphatic rings. The average molecular weight is 232 g/mol. The molecule has 0 fully saturated rings. The highest BCUT2D eigenvalue weighted by atomic mass is 16.5. The number of hydrogen-bond donors (Lipinski definition) is 3. The molecule has 2 amide bonds. The highest BCUT2D eigenvalue weighted by Crippen LogP contribution is 1.99. The van der Waals surface area contributed by atoms with Crippen molar-refractivity contribution in [3.8, 4) is 0 Å². The molecule has 0 aliphatic heterocycles. The Kier molecular flexibility index (Phi) is 7.28. The van der Waals surface area contributed by atoms with E-state index in [1.54, 1.807) is 14.0 Å². The molecule has 2 atom stereocenters. The Morgan fingerprint density at radius 1 is 1.38 bits per heavy atom. The second-order valence-corrected chi connectivity index (χ2v) is 3.78. The van der Waals surface area contributed by atoms with Crippen LogP contribution in [0.25, 0.3) is 0 Å². The summed E-state index contributed by atoms with van der Waals surface area (Å²) in [4.78, 5) is 21.7. The summed E-state index contributed by atoms with van der Waals surface area (Å²) < 4.78 is 4.86. The van der Waals surface area contributed by atoms with E-state index in [1.807, 2.05) is 6.92 Å².